The number of nitrogens with zero attached hydrogens (tertiary/aromatic N) is 3. The van der Waals surface area contributed by atoms with E-state index in [0.29, 0.717) is 11.0 Å². The van der Waals surface area contributed by atoms with Crippen LogP contribution in [-0.4, -0.2) is 44.5 Å². The van der Waals surface area contributed by atoms with Crippen molar-refractivity contribution >= 4 is 23.6 Å². The van der Waals surface area contributed by atoms with Crippen molar-refractivity contribution in [2.24, 2.45) is 0 Å². The standard InChI is InChI=1S/C8H12N4O3S/c1-5-10-11-8(16-4-7(14)15)12(5)3-6(13)9-2/h3-4H2,1-2H3,(H,9,13)(H,14,15). The van der Waals surface area contributed by atoms with Gasteiger partial charge >= 0.3 is 5.97 Å². The highest BCUT2D eigenvalue weighted by atomic mass is 32.2. The number of hydrogen-bond donors (Lipinski definition) is 2. The number of amides is 1. The van der Waals surface area contributed by atoms with Crippen LogP contribution < -0.4 is 5.32 Å². The van der Waals surface area contributed by atoms with Gasteiger partial charge in [0.05, 0.1) is 5.75 Å². The highest BCUT2D eigenvalue weighted by Crippen LogP contribution is 2.16. The van der Waals surface area contributed by atoms with Gasteiger partial charge in [-0.3, -0.25) is 14.2 Å². The second kappa shape index (κ2) is 5.50. The molecule has 0 saturated carbocycles. The molecule has 0 aromatic carbocycles. The van der Waals surface area contributed by atoms with Crippen LogP contribution in [0.15, 0.2) is 5.16 Å². The lowest BCUT2D eigenvalue weighted by molar-refractivity contribution is -0.133. The van der Waals surface area contributed by atoms with Gasteiger partial charge in [0.2, 0.25) is 5.91 Å². The zero-order valence-corrected chi connectivity index (χ0v) is 9.74. The summed E-state index contributed by atoms with van der Waals surface area (Å²) in [6.45, 7) is 1.80. The van der Waals surface area contributed by atoms with Gasteiger partial charge in [-0.25, -0.2) is 0 Å². The average molecular weight is 244 g/mol. The molecular formula is C8H12N4O3S. The van der Waals surface area contributed by atoms with E-state index >= 15 is 0 Å². The first-order chi connectivity index (χ1) is 7.54. The fraction of sp³-hybridized carbons (Fsp3) is 0.500. The van der Waals surface area contributed by atoms with Crippen molar-refractivity contribution in [2.45, 2.75) is 18.6 Å². The van der Waals surface area contributed by atoms with E-state index in [-0.39, 0.29) is 18.2 Å². The monoisotopic (exact) mass is 244 g/mol. The molecule has 0 unspecified atom stereocenters. The number of nitrogens with one attached hydrogen (secondary N) is 1. The quantitative estimate of drug-likeness (QED) is 0.678. The van der Waals surface area contributed by atoms with Gasteiger partial charge in [-0.2, -0.15) is 0 Å². The minimum atomic E-state index is -0.933. The summed E-state index contributed by atoms with van der Waals surface area (Å²) in [6, 6.07) is 0. The first-order valence-electron chi connectivity index (χ1n) is 4.49. The maximum Gasteiger partial charge on any atom is 0.313 e. The molecule has 7 nitrogen and oxygen atoms in total. The van der Waals surface area contributed by atoms with Crippen LogP contribution in [-0.2, 0) is 16.1 Å². The minimum Gasteiger partial charge on any atom is -0.481 e. The molecule has 88 valence electrons. The van der Waals surface area contributed by atoms with E-state index in [4.69, 9.17) is 5.11 Å². The molecule has 0 bridgehead atoms. The van der Waals surface area contributed by atoms with Crippen molar-refractivity contribution in [1.29, 1.82) is 0 Å². The maximum atomic E-state index is 11.2. The zero-order chi connectivity index (χ0) is 12.1. The van der Waals surface area contributed by atoms with Gasteiger partial charge in [0.1, 0.15) is 12.4 Å². The Morgan fingerprint density at radius 1 is 1.50 bits per heavy atom. The molecule has 0 radical (unpaired) electrons. The number of rotatable bonds is 5. The Kier molecular flexibility index (Phi) is 4.29. The third-order valence-corrected chi connectivity index (χ3v) is 2.76. The Morgan fingerprint density at radius 2 is 2.19 bits per heavy atom. The van der Waals surface area contributed by atoms with Crippen LogP contribution in [0.5, 0.6) is 0 Å². The predicted octanol–water partition coefficient (Wildman–Crippen LogP) is -0.491. The van der Waals surface area contributed by atoms with E-state index < -0.39 is 5.97 Å². The SMILES string of the molecule is CNC(=O)Cn1c(C)nnc1SCC(=O)O. The molecule has 0 aliphatic heterocycles. The minimum absolute atomic E-state index is 0.0945. The van der Waals surface area contributed by atoms with Gasteiger partial charge in [-0.05, 0) is 6.92 Å². The summed E-state index contributed by atoms with van der Waals surface area (Å²) in [5, 5.41) is 19.1. The molecular weight excluding hydrogens is 232 g/mol. The summed E-state index contributed by atoms with van der Waals surface area (Å²) in [7, 11) is 1.53. The first-order valence-corrected chi connectivity index (χ1v) is 5.48. The number of likely N-dealkylation sites (N-methyl/N-ethyl adjacent to an activating group) is 1. The summed E-state index contributed by atoms with van der Waals surface area (Å²) in [5.41, 5.74) is 0. The molecule has 0 aliphatic carbocycles. The Balaban J connectivity index is 2.77. The van der Waals surface area contributed by atoms with Gasteiger partial charge < -0.3 is 10.4 Å². The molecule has 2 N–H and O–H groups in total. The van der Waals surface area contributed by atoms with Gasteiger partial charge in [-0.1, -0.05) is 11.8 Å². The summed E-state index contributed by atoms with van der Waals surface area (Å²) < 4.78 is 1.58. The van der Waals surface area contributed by atoms with Crippen LogP contribution in [0.4, 0.5) is 0 Å². The molecule has 1 amide bonds. The lowest BCUT2D eigenvalue weighted by Gasteiger charge is -2.05. The average Bonchev–Trinajstić information content (AvgIpc) is 2.57. The number of aliphatic carboxylic acids is 1. The summed E-state index contributed by atoms with van der Waals surface area (Å²) in [6.07, 6.45) is 0. The maximum absolute atomic E-state index is 11.2. The topological polar surface area (TPSA) is 97.1 Å². The summed E-state index contributed by atoms with van der Waals surface area (Å²) in [4.78, 5) is 21.6. The number of aromatic nitrogens is 3. The normalized spacial score (nSPS) is 10.1. The Bertz CT molecular complexity index is 404. The van der Waals surface area contributed by atoms with Crippen molar-refractivity contribution in [3.05, 3.63) is 5.82 Å². The third kappa shape index (κ3) is 3.23. The molecule has 1 rings (SSSR count). The van der Waals surface area contributed by atoms with Crippen LogP contribution in [0.2, 0.25) is 0 Å². The number of aryl methyl sites for hydroxylation is 1. The zero-order valence-electron chi connectivity index (χ0n) is 8.93. The van der Waals surface area contributed by atoms with Crippen molar-refractivity contribution < 1.29 is 14.7 Å². The molecule has 1 aromatic heterocycles. The lowest BCUT2D eigenvalue weighted by atomic mass is 10.5. The number of carbonyl (C=O) groups is 2. The van der Waals surface area contributed by atoms with Gasteiger partial charge in [-0.15, -0.1) is 10.2 Å². The Labute approximate surface area is 96.2 Å². The van der Waals surface area contributed by atoms with Gasteiger partial charge in [0.15, 0.2) is 5.16 Å². The molecule has 0 aliphatic rings. The molecule has 0 fully saturated rings. The number of carboxylic acids is 1. The van der Waals surface area contributed by atoms with Crippen molar-refractivity contribution in [2.75, 3.05) is 12.8 Å². The molecule has 0 saturated heterocycles. The van der Waals surface area contributed by atoms with Crippen LogP contribution >= 0.6 is 11.8 Å². The second-order valence-electron chi connectivity index (χ2n) is 2.97. The van der Waals surface area contributed by atoms with E-state index in [9.17, 15) is 9.59 Å². The van der Waals surface area contributed by atoms with E-state index in [1.54, 1.807) is 11.5 Å². The smallest absolute Gasteiger partial charge is 0.313 e. The fourth-order valence-corrected chi connectivity index (χ4v) is 1.70. The molecule has 1 heterocycles. The number of carboxylic acid groups (broad SMARTS) is 1. The largest absolute Gasteiger partial charge is 0.481 e. The van der Waals surface area contributed by atoms with Crippen molar-refractivity contribution in [3.63, 3.8) is 0 Å². The van der Waals surface area contributed by atoms with Crippen molar-refractivity contribution in [1.82, 2.24) is 20.1 Å². The molecule has 0 spiro atoms. The second-order valence-corrected chi connectivity index (χ2v) is 3.91. The highest BCUT2D eigenvalue weighted by molar-refractivity contribution is 7.99. The number of hydrogen-bond acceptors (Lipinski definition) is 5. The third-order valence-electron chi connectivity index (χ3n) is 1.81. The van der Waals surface area contributed by atoms with E-state index in [1.807, 2.05) is 0 Å². The lowest BCUT2D eigenvalue weighted by Crippen LogP contribution is -2.24. The van der Waals surface area contributed by atoms with E-state index in [2.05, 4.69) is 15.5 Å². The fourth-order valence-electron chi connectivity index (χ4n) is 0.999. The number of thioether (sulfide) groups is 1. The van der Waals surface area contributed by atoms with E-state index in [0.717, 1.165) is 11.8 Å². The summed E-state index contributed by atoms with van der Waals surface area (Å²) >= 11 is 1.04. The first kappa shape index (κ1) is 12.5. The Morgan fingerprint density at radius 3 is 2.75 bits per heavy atom. The predicted molar refractivity (Wildman–Crippen MR) is 57.2 cm³/mol. The molecule has 16 heavy (non-hydrogen) atoms. The Hall–Kier alpha value is -1.57. The highest BCUT2D eigenvalue weighted by Gasteiger charge is 2.13. The van der Waals surface area contributed by atoms with Gasteiger partial charge in [0, 0.05) is 7.05 Å². The number of carbonyl (C=O) groups excluding carboxylic acids is 1. The van der Waals surface area contributed by atoms with Crippen molar-refractivity contribution in [3.8, 4) is 0 Å². The van der Waals surface area contributed by atoms with E-state index in [1.165, 1.54) is 7.05 Å². The van der Waals surface area contributed by atoms with Gasteiger partial charge in [0.25, 0.3) is 0 Å². The molecule has 1 aromatic rings. The van der Waals surface area contributed by atoms with Crippen LogP contribution in [0.3, 0.4) is 0 Å². The van der Waals surface area contributed by atoms with Crippen LogP contribution in [0.1, 0.15) is 5.82 Å². The molecule has 0 atom stereocenters. The van der Waals surface area contributed by atoms with Crippen LogP contribution in [0.25, 0.3) is 0 Å². The molecule has 8 heteroatoms. The van der Waals surface area contributed by atoms with Crippen LogP contribution in [0, 0.1) is 6.92 Å². The summed E-state index contributed by atoms with van der Waals surface area (Å²) in [5.74, 6) is -0.639.